The Morgan fingerprint density at radius 3 is 2.75 bits per heavy atom. The van der Waals surface area contributed by atoms with E-state index in [0.29, 0.717) is 16.5 Å². The van der Waals surface area contributed by atoms with Crippen LogP contribution in [0.25, 0.3) is 0 Å². The molecule has 2 aromatic rings. The molecule has 0 unspecified atom stereocenters. The second-order valence-electron chi connectivity index (χ2n) is 6.60. The van der Waals surface area contributed by atoms with E-state index in [4.69, 9.17) is 18.0 Å². The third kappa shape index (κ3) is 4.02. The van der Waals surface area contributed by atoms with Crippen LogP contribution in [0.15, 0.2) is 24.3 Å². The van der Waals surface area contributed by atoms with Crippen molar-refractivity contribution in [2.75, 3.05) is 5.32 Å². The molecule has 4 N–H and O–H groups in total. The number of fused-ring (bicyclic) bond motifs is 1. The molecule has 1 aliphatic carbocycles. The van der Waals surface area contributed by atoms with E-state index in [2.05, 4.69) is 17.6 Å². The smallest absolute Gasteiger partial charge is 0.282 e. The Morgan fingerprint density at radius 2 is 2.07 bits per heavy atom. The molecule has 1 heterocycles. The van der Waals surface area contributed by atoms with Crippen molar-refractivity contribution in [2.24, 2.45) is 11.7 Å². The largest absolute Gasteiger partial charge is 0.365 e. The van der Waals surface area contributed by atoms with Crippen LogP contribution < -0.4 is 16.4 Å². The molecular formula is C18H18N4O4S2. The van der Waals surface area contributed by atoms with Crippen molar-refractivity contribution in [3.05, 3.63) is 55.9 Å². The molecule has 0 fully saturated rings. The van der Waals surface area contributed by atoms with Crippen molar-refractivity contribution in [3.8, 4) is 0 Å². The first-order valence-corrected chi connectivity index (χ1v) is 9.80. The zero-order chi connectivity index (χ0) is 20.4. The van der Waals surface area contributed by atoms with Crippen molar-refractivity contribution in [1.29, 1.82) is 0 Å². The van der Waals surface area contributed by atoms with E-state index in [0.717, 1.165) is 29.7 Å². The second kappa shape index (κ2) is 8.03. The van der Waals surface area contributed by atoms with E-state index in [1.165, 1.54) is 35.6 Å². The minimum atomic E-state index is -0.708. The predicted octanol–water partition coefficient (Wildman–Crippen LogP) is 3.01. The second-order valence-corrected chi connectivity index (χ2v) is 8.12. The number of primary amides is 1. The summed E-state index contributed by atoms with van der Waals surface area (Å²) in [5.74, 6) is -0.743. The zero-order valence-electron chi connectivity index (χ0n) is 15.0. The molecule has 3 rings (SSSR count). The summed E-state index contributed by atoms with van der Waals surface area (Å²) in [4.78, 5) is 35.9. The summed E-state index contributed by atoms with van der Waals surface area (Å²) in [6.45, 7) is 2.15. The number of hydrogen-bond acceptors (Lipinski definition) is 6. The van der Waals surface area contributed by atoms with Crippen LogP contribution in [0.1, 0.15) is 44.5 Å². The molecule has 1 aliphatic rings. The lowest BCUT2D eigenvalue weighted by Gasteiger charge is -2.18. The summed E-state index contributed by atoms with van der Waals surface area (Å²) < 4.78 is 0. The number of nitrogens with two attached hydrogens (primary N) is 1. The third-order valence-electron chi connectivity index (χ3n) is 4.56. The summed E-state index contributed by atoms with van der Waals surface area (Å²) in [7, 11) is 0. The fourth-order valence-electron chi connectivity index (χ4n) is 3.23. The van der Waals surface area contributed by atoms with Gasteiger partial charge in [0.05, 0.1) is 10.5 Å². The van der Waals surface area contributed by atoms with Gasteiger partial charge in [0.15, 0.2) is 5.11 Å². The van der Waals surface area contributed by atoms with E-state index < -0.39 is 16.7 Å². The van der Waals surface area contributed by atoms with Gasteiger partial charge in [-0.3, -0.25) is 25.0 Å². The van der Waals surface area contributed by atoms with Crippen molar-refractivity contribution < 1.29 is 14.5 Å². The maximum absolute atomic E-state index is 12.4. The number of para-hydroxylation sites is 1. The monoisotopic (exact) mass is 418 g/mol. The molecule has 0 spiro atoms. The number of nitrogens with zero attached hydrogens (tertiary/aromatic N) is 1. The Balaban J connectivity index is 1.80. The molecule has 1 aromatic carbocycles. The SMILES string of the molecule is C[C@H]1CCc2c(sc(NC(=S)NC(=O)c3ccccc3[N+](=O)[O-])c2C(N)=O)C1. The number of carbonyl (C=O) groups excluding carboxylic acids is 2. The van der Waals surface area contributed by atoms with Crippen LogP contribution in [0.5, 0.6) is 0 Å². The number of carbonyl (C=O) groups is 2. The van der Waals surface area contributed by atoms with E-state index in [1.807, 2.05) is 0 Å². The van der Waals surface area contributed by atoms with E-state index in [1.54, 1.807) is 0 Å². The highest BCUT2D eigenvalue weighted by molar-refractivity contribution is 7.80. The number of nitro groups is 1. The highest BCUT2D eigenvalue weighted by atomic mass is 32.1. The summed E-state index contributed by atoms with van der Waals surface area (Å²) >= 11 is 6.57. The van der Waals surface area contributed by atoms with Gasteiger partial charge in [-0.25, -0.2) is 0 Å². The predicted molar refractivity (Wildman–Crippen MR) is 111 cm³/mol. The summed E-state index contributed by atoms with van der Waals surface area (Å²) in [5.41, 5.74) is 6.47. The van der Waals surface area contributed by atoms with Crippen LogP contribution in [0.3, 0.4) is 0 Å². The first-order chi connectivity index (χ1) is 13.3. The standard InChI is InChI=1S/C18H18N4O4S2/c1-9-6-7-11-13(8-9)28-17(14(11)15(19)23)21-18(27)20-16(24)10-4-2-3-5-12(10)22(25)26/h2-5,9H,6-8H2,1H3,(H2,19,23)(H2,20,21,24,27)/t9-/m0/s1. The van der Waals surface area contributed by atoms with Gasteiger partial charge in [0.25, 0.3) is 17.5 Å². The number of nitro benzene ring substituents is 1. The van der Waals surface area contributed by atoms with Gasteiger partial charge in [-0.2, -0.15) is 0 Å². The Kier molecular flexibility index (Phi) is 5.71. The van der Waals surface area contributed by atoms with Crippen LogP contribution in [-0.4, -0.2) is 21.9 Å². The van der Waals surface area contributed by atoms with Gasteiger partial charge < -0.3 is 11.1 Å². The van der Waals surface area contributed by atoms with Gasteiger partial charge in [0.2, 0.25) is 0 Å². The first kappa shape index (κ1) is 19.9. The zero-order valence-corrected chi connectivity index (χ0v) is 16.6. The molecular weight excluding hydrogens is 400 g/mol. The number of benzene rings is 1. The van der Waals surface area contributed by atoms with Crippen LogP contribution in [0.2, 0.25) is 0 Å². The molecule has 0 saturated heterocycles. The molecule has 0 saturated carbocycles. The number of thiocarbonyl (C=S) groups is 1. The average molecular weight is 419 g/mol. The molecule has 28 heavy (non-hydrogen) atoms. The van der Waals surface area contributed by atoms with Crippen LogP contribution in [-0.2, 0) is 12.8 Å². The van der Waals surface area contributed by atoms with Gasteiger partial charge in [0, 0.05) is 10.9 Å². The summed E-state index contributed by atoms with van der Waals surface area (Å²) in [6.07, 6.45) is 2.60. The van der Waals surface area contributed by atoms with Crippen molar-refractivity contribution in [2.45, 2.75) is 26.2 Å². The molecule has 1 aromatic heterocycles. The fourth-order valence-corrected chi connectivity index (χ4v) is 4.91. The van der Waals surface area contributed by atoms with E-state index >= 15 is 0 Å². The lowest BCUT2D eigenvalue weighted by molar-refractivity contribution is -0.385. The highest BCUT2D eigenvalue weighted by Crippen LogP contribution is 2.39. The Labute approximate surface area is 170 Å². The maximum Gasteiger partial charge on any atom is 0.282 e. The molecule has 2 amide bonds. The minimum Gasteiger partial charge on any atom is -0.365 e. The Bertz CT molecular complexity index is 986. The number of anilines is 1. The number of rotatable bonds is 4. The van der Waals surface area contributed by atoms with Crippen LogP contribution in [0, 0.1) is 16.0 Å². The van der Waals surface area contributed by atoms with E-state index in [9.17, 15) is 19.7 Å². The number of nitrogens with one attached hydrogen (secondary N) is 2. The number of thiophene rings is 1. The topological polar surface area (TPSA) is 127 Å². The van der Waals surface area contributed by atoms with Gasteiger partial charge >= 0.3 is 0 Å². The van der Waals surface area contributed by atoms with Gasteiger partial charge in [-0.05, 0) is 49.0 Å². The molecule has 1 atom stereocenters. The molecule has 0 bridgehead atoms. The Hall–Kier alpha value is -2.85. The molecule has 8 nitrogen and oxygen atoms in total. The number of hydrogen-bond donors (Lipinski definition) is 3. The molecule has 10 heteroatoms. The summed E-state index contributed by atoms with van der Waals surface area (Å²) in [6, 6.07) is 5.58. The van der Waals surface area contributed by atoms with Crippen molar-refractivity contribution >= 4 is 51.2 Å². The average Bonchev–Trinajstić information content (AvgIpc) is 2.98. The highest BCUT2D eigenvalue weighted by Gasteiger charge is 2.27. The lowest BCUT2D eigenvalue weighted by Crippen LogP contribution is -2.34. The molecule has 146 valence electrons. The van der Waals surface area contributed by atoms with Gasteiger partial charge in [-0.15, -0.1) is 11.3 Å². The van der Waals surface area contributed by atoms with Gasteiger partial charge in [0.1, 0.15) is 10.6 Å². The third-order valence-corrected chi connectivity index (χ3v) is 5.93. The minimum absolute atomic E-state index is 0.0581. The quantitative estimate of drug-likeness (QED) is 0.398. The van der Waals surface area contributed by atoms with Crippen LogP contribution in [0.4, 0.5) is 10.7 Å². The summed E-state index contributed by atoms with van der Waals surface area (Å²) in [5, 5.41) is 16.8. The number of amides is 2. The lowest BCUT2D eigenvalue weighted by atomic mass is 9.88. The first-order valence-electron chi connectivity index (χ1n) is 8.58. The molecule has 0 radical (unpaired) electrons. The maximum atomic E-state index is 12.4. The van der Waals surface area contributed by atoms with Crippen LogP contribution >= 0.6 is 23.6 Å². The normalized spacial score (nSPS) is 15.4. The van der Waals surface area contributed by atoms with Crippen molar-refractivity contribution in [1.82, 2.24) is 5.32 Å². The fraction of sp³-hybridized carbons (Fsp3) is 0.278. The Morgan fingerprint density at radius 1 is 1.36 bits per heavy atom. The van der Waals surface area contributed by atoms with Crippen molar-refractivity contribution in [3.63, 3.8) is 0 Å². The molecule has 0 aliphatic heterocycles. The van der Waals surface area contributed by atoms with E-state index in [-0.39, 0.29) is 16.4 Å². The van der Waals surface area contributed by atoms with Gasteiger partial charge in [-0.1, -0.05) is 19.1 Å².